The Bertz CT molecular complexity index is 3240. The number of allylic oxidation sites excluding steroid dienone is 1. The number of nitrogens with one attached hydrogen (secondary N) is 1. The number of rotatable bonds is 41. The van der Waals surface area contributed by atoms with Crippen LogP contribution in [-0.4, -0.2) is 112 Å². The number of ether oxygens (including phenoxy) is 9. The first-order valence-corrected chi connectivity index (χ1v) is 33.5. The molecule has 21 heteroatoms. The van der Waals surface area contributed by atoms with Crippen molar-refractivity contribution >= 4 is 30.2 Å². The van der Waals surface area contributed by atoms with Gasteiger partial charge < -0.3 is 57.8 Å². The minimum absolute atomic E-state index is 0.111. The maximum absolute atomic E-state index is 13.3. The molecule has 6 rings (SSSR count). The largest absolute Gasteiger partial charge is 0.469 e. The smallest absolute Gasteiger partial charge is 0.309 e. The van der Waals surface area contributed by atoms with Crippen molar-refractivity contribution in [2.24, 2.45) is 23.7 Å². The number of methoxy groups -OCH3 is 8. The Morgan fingerprint density at radius 1 is 0.450 bits per heavy atom. The van der Waals surface area contributed by atoms with Crippen molar-refractivity contribution in [1.29, 1.82) is 0 Å². The van der Waals surface area contributed by atoms with Crippen LogP contribution in [0.2, 0.25) is 0 Å². The van der Waals surface area contributed by atoms with Gasteiger partial charge in [0.25, 0.3) is 0 Å². The number of unbranched alkanes of at least 4 members (excludes halogenated alkanes) is 3. The Kier molecular flexibility index (Phi) is 44.1. The molecule has 100 heavy (non-hydrogen) atoms. The molecule has 6 aromatic carbocycles. The van der Waals surface area contributed by atoms with Crippen molar-refractivity contribution in [3.63, 3.8) is 0 Å². The monoisotopic (exact) mass is 1400 g/mol. The van der Waals surface area contributed by atoms with Crippen molar-refractivity contribution in [2.75, 3.05) is 76.6 Å². The molecule has 2 N–H and O–H groups in total. The highest BCUT2D eigenvalue weighted by Crippen LogP contribution is 2.32. The number of halogens is 5. The van der Waals surface area contributed by atoms with Crippen LogP contribution >= 0.6 is 0 Å². The molecular weight excluding hydrogens is 1300 g/mol. The Morgan fingerprint density at radius 3 is 1.20 bits per heavy atom. The molecule has 0 heterocycles. The molecule has 0 fully saturated rings. The van der Waals surface area contributed by atoms with Crippen molar-refractivity contribution < 1.29 is 93.7 Å². The lowest BCUT2D eigenvalue weighted by molar-refractivity contribution is -0.148. The normalized spacial score (nSPS) is 13.4. The number of aliphatic hydroxyl groups excluding tert-OH is 1. The number of carbonyl (C=O) groups excluding carboxylic acids is 5. The standard InChI is InChI=1S/C24H31F2NO3.C23H27FO4.C16H23FO4.C16H21FO4/c1-17-14-18(7-12-22(17)26)16-27-13-5-4-6-20(24(28)30-3)15-23(29-2)19-8-10-21(25)11-9-19;1-26-22(19-11-13-21(24)14-12-19)16-20(23(25)27-2)10-6-7-15-28-17-18-8-4-3-5-9-18;2*1-20-15(12-6-8-14(17)9-7-12)11-13(16(19)21-2)5-3-4-10-18/h7-12,14,20,23,27H,4-6,13,15-16H2,1-3H3;3-9,11-14,20,22H,10,15-17H2,1-2H3;6-9,13,15,18H,3-5,10-11H2,1-2H3;6-10,13,15H,3-5,11H2,1-2H3/t20-,23+;20-,22+;2*13-,15+/m0000/s1. The van der Waals surface area contributed by atoms with Gasteiger partial charge in [-0.3, -0.25) is 19.2 Å². The molecule has 0 spiro atoms. The third kappa shape index (κ3) is 33.9. The van der Waals surface area contributed by atoms with Crippen LogP contribution in [0, 0.1) is 59.7 Å². The summed E-state index contributed by atoms with van der Waals surface area (Å²) in [7, 11) is 11.8. The zero-order valence-electron chi connectivity index (χ0n) is 59.2. The third-order valence-corrected chi connectivity index (χ3v) is 16.7. The second kappa shape index (κ2) is 51.2. The van der Waals surface area contributed by atoms with Gasteiger partial charge in [-0.15, -0.1) is 0 Å². The van der Waals surface area contributed by atoms with Crippen molar-refractivity contribution in [1.82, 2.24) is 5.32 Å². The first kappa shape index (κ1) is 86.2. The van der Waals surface area contributed by atoms with Gasteiger partial charge in [0, 0.05) is 48.0 Å². The Hall–Kier alpha value is -8.02. The molecule has 0 radical (unpaired) electrons. The highest BCUT2D eigenvalue weighted by molar-refractivity contribution is 5.73. The van der Waals surface area contributed by atoms with Crippen LogP contribution in [0.25, 0.3) is 0 Å². The van der Waals surface area contributed by atoms with Gasteiger partial charge >= 0.3 is 23.9 Å². The molecule has 548 valence electrons. The number of esters is 4. The predicted octanol–water partition coefficient (Wildman–Crippen LogP) is 15.9. The number of aryl methyl sites for hydroxylation is 1. The topological polar surface area (TPSA) is 201 Å². The Labute approximate surface area is 587 Å². The number of benzene rings is 6. The molecule has 0 aliphatic rings. The highest BCUT2D eigenvalue weighted by atomic mass is 19.1. The van der Waals surface area contributed by atoms with Gasteiger partial charge in [-0.05, 0) is 178 Å². The molecule has 6 aromatic rings. The molecule has 0 saturated carbocycles. The molecule has 0 bridgehead atoms. The second-order valence-corrected chi connectivity index (χ2v) is 23.7. The van der Waals surface area contributed by atoms with Crippen molar-refractivity contribution in [3.8, 4) is 0 Å². The summed E-state index contributed by atoms with van der Waals surface area (Å²) in [6, 6.07) is 39.4. The van der Waals surface area contributed by atoms with E-state index in [0.29, 0.717) is 96.0 Å². The summed E-state index contributed by atoms with van der Waals surface area (Å²) in [5, 5.41) is 12.2. The maximum atomic E-state index is 13.3. The van der Waals surface area contributed by atoms with Gasteiger partial charge in [-0.2, -0.15) is 0 Å². The van der Waals surface area contributed by atoms with Gasteiger partial charge in [0.05, 0.1) is 89.7 Å². The van der Waals surface area contributed by atoms with Gasteiger partial charge in [-0.25, -0.2) is 22.0 Å². The summed E-state index contributed by atoms with van der Waals surface area (Å²) in [5.41, 5.74) is 6.11. The Morgan fingerprint density at radius 2 is 0.830 bits per heavy atom. The number of hydrogen-bond acceptors (Lipinski definition) is 16. The summed E-state index contributed by atoms with van der Waals surface area (Å²) in [5.74, 6) is -3.84. The summed E-state index contributed by atoms with van der Waals surface area (Å²) >= 11 is 0. The van der Waals surface area contributed by atoms with E-state index in [-0.39, 0.29) is 108 Å². The van der Waals surface area contributed by atoms with Crippen LogP contribution in [-0.2, 0) is 79.8 Å². The second-order valence-electron chi connectivity index (χ2n) is 23.7. The van der Waals surface area contributed by atoms with Gasteiger partial charge in [0.2, 0.25) is 0 Å². The summed E-state index contributed by atoms with van der Waals surface area (Å²) in [6.45, 7) is 4.36. The summed E-state index contributed by atoms with van der Waals surface area (Å²) in [6.07, 6.45) is 11.9. The molecule has 8 atom stereocenters. The van der Waals surface area contributed by atoms with E-state index in [0.717, 1.165) is 65.5 Å². The van der Waals surface area contributed by atoms with Crippen LogP contribution < -0.4 is 5.32 Å². The average molecular weight is 1400 g/mol. The van der Waals surface area contributed by atoms with Gasteiger partial charge in [0.15, 0.2) is 0 Å². The van der Waals surface area contributed by atoms with Crippen molar-refractivity contribution in [3.05, 3.63) is 226 Å². The summed E-state index contributed by atoms with van der Waals surface area (Å²) < 4.78 is 113. The number of aldehydes is 1. The van der Waals surface area contributed by atoms with Gasteiger partial charge in [-0.1, -0.05) is 116 Å². The highest BCUT2D eigenvalue weighted by Gasteiger charge is 2.28. The molecule has 0 amide bonds. The minimum atomic E-state index is -0.356. The van der Waals surface area contributed by atoms with Crippen LogP contribution in [0.4, 0.5) is 22.0 Å². The fourth-order valence-electron chi connectivity index (χ4n) is 11.0. The van der Waals surface area contributed by atoms with Crippen LogP contribution in [0.3, 0.4) is 0 Å². The third-order valence-electron chi connectivity index (χ3n) is 16.7. The van der Waals surface area contributed by atoms with Crippen LogP contribution in [0.5, 0.6) is 0 Å². The number of aliphatic hydroxyl groups is 1. The SMILES string of the molecule is COC(=O)[C@@H](CC=CCOCc1ccccc1)C[C@@H](OC)c1ccc(F)cc1.COC(=O)[C@@H](CCCC=O)C[C@@H](OC)c1ccc(F)cc1.COC(=O)[C@@H](CCCCNCc1ccc(F)c(C)c1)C[C@@H](OC)c1ccc(F)cc1.COC(=O)[C@@H](CCCCO)C[C@@H](OC)c1ccc(F)cc1. The maximum Gasteiger partial charge on any atom is 0.309 e. The van der Waals surface area contributed by atoms with Crippen LogP contribution in [0.1, 0.15) is 153 Å². The minimum Gasteiger partial charge on any atom is -0.469 e. The number of carbonyl (C=O) groups is 5. The zero-order valence-corrected chi connectivity index (χ0v) is 59.2. The lowest BCUT2D eigenvalue weighted by Crippen LogP contribution is -2.21. The molecule has 0 aliphatic carbocycles. The molecule has 0 saturated heterocycles. The quantitative estimate of drug-likeness (QED) is 0.00916. The number of hydrogen-bond donors (Lipinski definition) is 2. The molecule has 16 nitrogen and oxygen atoms in total. The summed E-state index contributed by atoms with van der Waals surface area (Å²) in [4.78, 5) is 58.4. The van der Waals surface area contributed by atoms with E-state index in [9.17, 15) is 45.9 Å². The fraction of sp³-hybridized carbons (Fsp3) is 0.456. The molecule has 0 unspecified atom stereocenters. The van der Waals surface area contributed by atoms with E-state index in [2.05, 4.69) is 5.32 Å². The molecule has 0 aromatic heterocycles. The first-order valence-electron chi connectivity index (χ1n) is 33.5. The van der Waals surface area contributed by atoms with Gasteiger partial charge in [0.1, 0.15) is 35.4 Å². The van der Waals surface area contributed by atoms with E-state index in [1.54, 1.807) is 90.0 Å². The average Bonchev–Trinajstić information content (AvgIpc) is 0.940. The van der Waals surface area contributed by atoms with E-state index < -0.39 is 0 Å². The van der Waals surface area contributed by atoms with Crippen molar-refractivity contribution in [2.45, 2.75) is 134 Å². The first-order chi connectivity index (χ1) is 48.3. The molecule has 0 aliphatic heterocycles. The van der Waals surface area contributed by atoms with E-state index in [1.807, 2.05) is 48.6 Å². The van der Waals surface area contributed by atoms with E-state index in [4.69, 9.17) is 47.7 Å². The predicted molar refractivity (Wildman–Crippen MR) is 372 cm³/mol. The molecular formula is C79H102F5NO15. The lowest BCUT2D eigenvalue weighted by atomic mass is 9.92. The van der Waals surface area contributed by atoms with Crippen LogP contribution in [0.15, 0.2) is 158 Å². The Balaban J connectivity index is 0.000000351. The lowest BCUT2D eigenvalue weighted by Gasteiger charge is -2.21. The zero-order chi connectivity index (χ0) is 73.5. The fourth-order valence-corrected chi connectivity index (χ4v) is 11.0. The van der Waals surface area contributed by atoms with E-state index in [1.165, 1.54) is 83.0 Å². The van der Waals surface area contributed by atoms with E-state index >= 15 is 0 Å².